The lowest BCUT2D eigenvalue weighted by Crippen LogP contribution is -2.25. The maximum absolute atomic E-state index is 12.2. The second-order valence-electron chi connectivity index (χ2n) is 5.35. The molecule has 128 valence electrons. The number of rotatable bonds is 7. The highest BCUT2D eigenvalue weighted by Gasteiger charge is 2.13. The van der Waals surface area contributed by atoms with E-state index in [1.807, 2.05) is 43.3 Å². The summed E-state index contributed by atoms with van der Waals surface area (Å²) in [5.74, 6) is 2.13. The van der Waals surface area contributed by atoms with Crippen molar-refractivity contribution in [3.63, 3.8) is 0 Å². The summed E-state index contributed by atoms with van der Waals surface area (Å²) in [6, 6.07) is 11.3. The summed E-state index contributed by atoms with van der Waals surface area (Å²) in [4.78, 5) is 12.2. The average molecular weight is 329 g/mol. The summed E-state index contributed by atoms with van der Waals surface area (Å²) >= 11 is 0. The SMILES string of the molecule is COc1ccccc1CC(=O)NCc1ccc(OC)c(C)c1OC. The summed E-state index contributed by atoms with van der Waals surface area (Å²) in [6.45, 7) is 2.32. The zero-order valence-electron chi connectivity index (χ0n) is 14.5. The summed E-state index contributed by atoms with van der Waals surface area (Å²) < 4.78 is 16.0. The van der Waals surface area contributed by atoms with Crippen LogP contribution in [-0.2, 0) is 17.8 Å². The van der Waals surface area contributed by atoms with Gasteiger partial charge in [0.25, 0.3) is 0 Å². The molecule has 0 saturated carbocycles. The van der Waals surface area contributed by atoms with E-state index in [2.05, 4.69) is 5.32 Å². The van der Waals surface area contributed by atoms with E-state index in [-0.39, 0.29) is 12.3 Å². The Morgan fingerprint density at radius 1 is 0.917 bits per heavy atom. The summed E-state index contributed by atoms with van der Waals surface area (Å²) in [5.41, 5.74) is 2.68. The van der Waals surface area contributed by atoms with Gasteiger partial charge in [0, 0.05) is 23.2 Å². The molecule has 1 amide bonds. The number of para-hydroxylation sites is 1. The number of carbonyl (C=O) groups excluding carboxylic acids is 1. The van der Waals surface area contributed by atoms with E-state index in [1.165, 1.54) is 0 Å². The number of hydrogen-bond donors (Lipinski definition) is 1. The zero-order chi connectivity index (χ0) is 17.5. The van der Waals surface area contributed by atoms with Crippen LogP contribution >= 0.6 is 0 Å². The fourth-order valence-corrected chi connectivity index (χ4v) is 2.65. The molecule has 2 aromatic rings. The Balaban J connectivity index is 2.05. The van der Waals surface area contributed by atoms with E-state index in [0.29, 0.717) is 12.3 Å². The maximum atomic E-state index is 12.2. The first-order valence-electron chi connectivity index (χ1n) is 7.69. The van der Waals surface area contributed by atoms with Gasteiger partial charge in [-0.3, -0.25) is 4.79 Å². The predicted molar refractivity (Wildman–Crippen MR) is 92.8 cm³/mol. The lowest BCUT2D eigenvalue weighted by atomic mass is 10.1. The van der Waals surface area contributed by atoms with Crippen molar-refractivity contribution in [2.45, 2.75) is 19.9 Å². The van der Waals surface area contributed by atoms with E-state index in [1.54, 1.807) is 21.3 Å². The third kappa shape index (κ3) is 3.98. The van der Waals surface area contributed by atoms with Crippen molar-refractivity contribution in [1.29, 1.82) is 0 Å². The molecule has 24 heavy (non-hydrogen) atoms. The van der Waals surface area contributed by atoms with Crippen molar-refractivity contribution < 1.29 is 19.0 Å². The van der Waals surface area contributed by atoms with Crippen molar-refractivity contribution in [2.75, 3.05) is 21.3 Å². The van der Waals surface area contributed by atoms with Crippen LogP contribution in [0.15, 0.2) is 36.4 Å². The number of benzene rings is 2. The lowest BCUT2D eigenvalue weighted by Gasteiger charge is -2.15. The van der Waals surface area contributed by atoms with Crippen molar-refractivity contribution in [3.05, 3.63) is 53.1 Å². The molecule has 2 aromatic carbocycles. The van der Waals surface area contributed by atoms with Crippen LogP contribution in [-0.4, -0.2) is 27.2 Å². The highest BCUT2D eigenvalue weighted by Crippen LogP contribution is 2.31. The molecular weight excluding hydrogens is 306 g/mol. The number of amides is 1. The second-order valence-corrected chi connectivity index (χ2v) is 5.35. The van der Waals surface area contributed by atoms with Gasteiger partial charge in [0.15, 0.2) is 0 Å². The van der Waals surface area contributed by atoms with Gasteiger partial charge in [-0.15, -0.1) is 0 Å². The van der Waals surface area contributed by atoms with Gasteiger partial charge in [-0.2, -0.15) is 0 Å². The van der Waals surface area contributed by atoms with Gasteiger partial charge < -0.3 is 19.5 Å². The number of hydrogen-bond acceptors (Lipinski definition) is 4. The Labute approximate surface area is 142 Å². The number of ether oxygens (including phenoxy) is 3. The summed E-state index contributed by atoms with van der Waals surface area (Å²) in [5, 5.41) is 2.92. The Morgan fingerprint density at radius 3 is 2.29 bits per heavy atom. The van der Waals surface area contributed by atoms with Crippen LogP contribution in [0.5, 0.6) is 17.2 Å². The van der Waals surface area contributed by atoms with Crippen molar-refractivity contribution in [2.24, 2.45) is 0 Å². The molecule has 0 bridgehead atoms. The van der Waals surface area contributed by atoms with E-state index in [0.717, 1.165) is 28.2 Å². The topological polar surface area (TPSA) is 56.8 Å². The fraction of sp³-hybridized carbons (Fsp3) is 0.316. The highest BCUT2D eigenvalue weighted by atomic mass is 16.5. The van der Waals surface area contributed by atoms with Crippen LogP contribution in [0.3, 0.4) is 0 Å². The first-order valence-corrected chi connectivity index (χ1v) is 7.69. The minimum Gasteiger partial charge on any atom is -0.496 e. The molecule has 0 spiro atoms. The van der Waals surface area contributed by atoms with Crippen LogP contribution in [0.4, 0.5) is 0 Å². The van der Waals surface area contributed by atoms with Gasteiger partial charge in [-0.1, -0.05) is 18.2 Å². The molecule has 0 saturated heterocycles. The molecule has 5 nitrogen and oxygen atoms in total. The van der Waals surface area contributed by atoms with Gasteiger partial charge >= 0.3 is 0 Å². The first-order chi connectivity index (χ1) is 11.6. The van der Waals surface area contributed by atoms with Crippen molar-refractivity contribution in [3.8, 4) is 17.2 Å². The van der Waals surface area contributed by atoms with E-state index >= 15 is 0 Å². The monoisotopic (exact) mass is 329 g/mol. The van der Waals surface area contributed by atoms with Gasteiger partial charge in [-0.25, -0.2) is 0 Å². The van der Waals surface area contributed by atoms with Gasteiger partial charge in [0.05, 0.1) is 27.8 Å². The van der Waals surface area contributed by atoms with Crippen molar-refractivity contribution in [1.82, 2.24) is 5.32 Å². The maximum Gasteiger partial charge on any atom is 0.224 e. The summed E-state index contributed by atoms with van der Waals surface area (Å²) in [6.07, 6.45) is 0.265. The standard InChI is InChI=1S/C19H23NO4/c1-13-16(22-2)10-9-15(19(13)24-4)12-20-18(21)11-14-7-5-6-8-17(14)23-3/h5-10H,11-12H2,1-4H3,(H,20,21). The van der Waals surface area contributed by atoms with Gasteiger partial charge in [0.2, 0.25) is 5.91 Å². The van der Waals surface area contributed by atoms with E-state index in [9.17, 15) is 4.79 Å². The first kappa shape index (κ1) is 17.7. The molecule has 0 radical (unpaired) electrons. The highest BCUT2D eigenvalue weighted by molar-refractivity contribution is 5.79. The smallest absolute Gasteiger partial charge is 0.224 e. The van der Waals surface area contributed by atoms with E-state index in [4.69, 9.17) is 14.2 Å². The number of carbonyl (C=O) groups is 1. The van der Waals surface area contributed by atoms with Crippen molar-refractivity contribution >= 4 is 5.91 Å². The minimum absolute atomic E-state index is 0.0741. The van der Waals surface area contributed by atoms with Gasteiger partial charge in [0.1, 0.15) is 17.2 Å². The second kappa shape index (κ2) is 8.24. The normalized spacial score (nSPS) is 10.2. The Hall–Kier alpha value is -2.69. The quantitative estimate of drug-likeness (QED) is 0.848. The Bertz CT molecular complexity index is 713. The Kier molecular flexibility index (Phi) is 6.07. The minimum atomic E-state index is -0.0741. The molecule has 0 aliphatic rings. The van der Waals surface area contributed by atoms with Crippen LogP contribution in [0.2, 0.25) is 0 Å². The molecular formula is C19H23NO4. The van der Waals surface area contributed by atoms with E-state index < -0.39 is 0 Å². The molecule has 0 aromatic heterocycles. The fourth-order valence-electron chi connectivity index (χ4n) is 2.65. The summed E-state index contributed by atoms with van der Waals surface area (Å²) in [7, 11) is 4.83. The number of methoxy groups -OCH3 is 3. The van der Waals surface area contributed by atoms with Crippen LogP contribution in [0.1, 0.15) is 16.7 Å². The van der Waals surface area contributed by atoms with Gasteiger partial charge in [-0.05, 0) is 25.1 Å². The molecule has 0 heterocycles. The zero-order valence-corrected chi connectivity index (χ0v) is 14.5. The molecule has 1 N–H and O–H groups in total. The molecule has 5 heteroatoms. The average Bonchev–Trinajstić information content (AvgIpc) is 2.60. The third-order valence-corrected chi connectivity index (χ3v) is 3.88. The molecule has 0 aliphatic carbocycles. The Morgan fingerprint density at radius 2 is 1.62 bits per heavy atom. The van der Waals surface area contributed by atoms with Crippen LogP contribution < -0.4 is 19.5 Å². The largest absolute Gasteiger partial charge is 0.496 e. The third-order valence-electron chi connectivity index (χ3n) is 3.88. The number of nitrogens with one attached hydrogen (secondary N) is 1. The molecule has 0 fully saturated rings. The predicted octanol–water partition coefficient (Wildman–Crippen LogP) is 2.88. The molecule has 0 unspecified atom stereocenters. The van der Waals surface area contributed by atoms with Crippen LogP contribution in [0.25, 0.3) is 0 Å². The lowest BCUT2D eigenvalue weighted by molar-refractivity contribution is -0.120. The van der Waals surface area contributed by atoms with Crippen LogP contribution in [0, 0.1) is 6.92 Å². The molecule has 0 aliphatic heterocycles. The molecule has 0 atom stereocenters. The molecule has 2 rings (SSSR count).